The molecule has 0 aliphatic carbocycles. The van der Waals surface area contributed by atoms with Crippen molar-refractivity contribution in [2.75, 3.05) is 24.6 Å². The van der Waals surface area contributed by atoms with Gasteiger partial charge in [0.15, 0.2) is 19.7 Å². The monoisotopic (exact) mass is 392 g/mol. The molecule has 0 radical (unpaired) electrons. The van der Waals surface area contributed by atoms with E-state index in [1.807, 2.05) is 4.90 Å². The van der Waals surface area contributed by atoms with Crippen LogP contribution in [0.5, 0.6) is 0 Å². The molecule has 0 spiro atoms. The predicted molar refractivity (Wildman–Crippen MR) is 91.2 cm³/mol. The summed E-state index contributed by atoms with van der Waals surface area (Å²) >= 11 is 1.11. The van der Waals surface area contributed by atoms with E-state index < -0.39 is 31.0 Å². The Morgan fingerprint density at radius 1 is 1.25 bits per heavy atom. The lowest BCUT2D eigenvalue weighted by molar-refractivity contribution is -0.123. The molecule has 10 heteroatoms. The molecule has 0 bridgehead atoms. The molecule has 2 aliphatic rings. The second kappa shape index (κ2) is 6.40. The van der Waals surface area contributed by atoms with Crippen molar-refractivity contribution < 1.29 is 21.6 Å². The number of carbonyl (C=O) groups is 1. The number of nitrogens with zero attached hydrogens (tertiary/aromatic N) is 1. The van der Waals surface area contributed by atoms with Crippen LogP contribution in [0.1, 0.15) is 12.8 Å². The highest BCUT2D eigenvalue weighted by Crippen LogP contribution is 2.32. The van der Waals surface area contributed by atoms with Crippen LogP contribution in [0.25, 0.3) is 0 Å². The molecule has 1 aromatic rings. The van der Waals surface area contributed by atoms with Gasteiger partial charge < -0.3 is 5.73 Å². The maximum atomic E-state index is 12.9. The van der Waals surface area contributed by atoms with Crippen LogP contribution < -0.4 is 5.73 Å². The van der Waals surface area contributed by atoms with Gasteiger partial charge in [-0.15, -0.1) is 11.3 Å². The zero-order valence-electron chi connectivity index (χ0n) is 13.0. The molecule has 1 aromatic heterocycles. The van der Waals surface area contributed by atoms with Gasteiger partial charge in [-0.05, 0) is 37.4 Å². The van der Waals surface area contributed by atoms with Crippen molar-refractivity contribution >= 4 is 36.9 Å². The first-order chi connectivity index (χ1) is 11.2. The molecule has 0 unspecified atom stereocenters. The summed E-state index contributed by atoms with van der Waals surface area (Å²) in [5, 5.41) is 0.718. The molecular formula is C14H20N2O5S3. The Morgan fingerprint density at radius 3 is 2.46 bits per heavy atom. The lowest BCUT2D eigenvalue weighted by Gasteiger charge is -2.36. The summed E-state index contributed by atoms with van der Waals surface area (Å²) in [6, 6.07) is 2.60. The first kappa shape index (κ1) is 17.8. The Morgan fingerprint density at radius 2 is 1.92 bits per heavy atom. The van der Waals surface area contributed by atoms with E-state index in [1.54, 1.807) is 11.4 Å². The molecule has 24 heavy (non-hydrogen) atoms. The first-order valence-electron chi connectivity index (χ1n) is 7.72. The zero-order valence-corrected chi connectivity index (χ0v) is 15.4. The predicted octanol–water partition coefficient (Wildman–Crippen LogP) is -0.115. The van der Waals surface area contributed by atoms with E-state index >= 15 is 0 Å². The van der Waals surface area contributed by atoms with Gasteiger partial charge in [0.2, 0.25) is 5.91 Å². The standard InChI is InChI=1S/C14H20N2O5S3/c15-14(17)10-3-5-16(6-4-10)11-8-23(18,19)9-12(11)24(20,21)13-2-1-7-22-13/h1-2,7,10-12H,3-6,8-9H2,(H2,15,17)/t11-,12-/m1/s1. The summed E-state index contributed by atoms with van der Waals surface area (Å²) in [5.74, 6) is -1.06. The Balaban J connectivity index is 1.85. The third kappa shape index (κ3) is 3.37. The van der Waals surface area contributed by atoms with Crippen molar-refractivity contribution in [3.63, 3.8) is 0 Å². The van der Waals surface area contributed by atoms with Crippen LogP contribution in [0.4, 0.5) is 0 Å². The maximum Gasteiger partial charge on any atom is 0.220 e. The average Bonchev–Trinajstić information content (AvgIpc) is 3.15. The number of primary amides is 1. The van der Waals surface area contributed by atoms with Crippen LogP contribution in [0.3, 0.4) is 0 Å². The number of hydrogen-bond acceptors (Lipinski definition) is 7. The summed E-state index contributed by atoms with van der Waals surface area (Å²) in [4.78, 5) is 13.2. The molecule has 3 rings (SSSR count). The highest BCUT2D eigenvalue weighted by atomic mass is 32.2. The quantitative estimate of drug-likeness (QED) is 0.764. The number of thiophene rings is 1. The van der Waals surface area contributed by atoms with Crippen LogP contribution in [-0.4, -0.2) is 63.5 Å². The first-order valence-corrected chi connectivity index (χ1v) is 12.0. The number of nitrogens with two attached hydrogens (primary N) is 1. The van der Waals surface area contributed by atoms with E-state index in [0.717, 1.165) is 11.3 Å². The summed E-state index contributed by atoms with van der Waals surface area (Å²) in [7, 11) is -7.09. The second-order valence-electron chi connectivity index (χ2n) is 6.37. The lowest BCUT2D eigenvalue weighted by Crippen LogP contribution is -2.50. The normalized spacial score (nSPS) is 28.8. The Bertz CT molecular complexity index is 809. The number of hydrogen-bond donors (Lipinski definition) is 1. The van der Waals surface area contributed by atoms with Crippen LogP contribution in [-0.2, 0) is 24.5 Å². The Kier molecular flexibility index (Phi) is 4.75. The Labute approximate surface area is 145 Å². The van der Waals surface area contributed by atoms with Crippen LogP contribution >= 0.6 is 11.3 Å². The van der Waals surface area contributed by atoms with Gasteiger partial charge in [0, 0.05) is 12.0 Å². The lowest BCUT2D eigenvalue weighted by atomic mass is 9.95. The highest BCUT2D eigenvalue weighted by Gasteiger charge is 2.49. The van der Waals surface area contributed by atoms with Gasteiger partial charge in [-0.1, -0.05) is 6.07 Å². The van der Waals surface area contributed by atoms with Crippen molar-refractivity contribution in [1.82, 2.24) is 4.90 Å². The number of likely N-dealkylation sites (tertiary alicyclic amines) is 1. The van der Waals surface area contributed by atoms with E-state index in [9.17, 15) is 21.6 Å². The van der Waals surface area contributed by atoms with E-state index in [1.165, 1.54) is 6.07 Å². The molecule has 134 valence electrons. The number of rotatable bonds is 4. The van der Waals surface area contributed by atoms with Gasteiger partial charge in [-0.3, -0.25) is 9.69 Å². The van der Waals surface area contributed by atoms with Gasteiger partial charge in [0.1, 0.15) is 4.21 Å². The summed E-state index contributed by atoms with van der Waals surface area (Å²) in [6.07, 6.45) is 1.08. The van der Waals surface area contributed by atoms with E-state index in [2.05, 4.69) is 0 Å². The smallest absolute Gasteiger partial charge is 0.220 e. The van der Waals surface area contributed by atoms with Crippen molar-refractivity contribution in [3.05, 3.63) is 17.5 Å². The van der Waals surface area contributed by atoms with Gasteiger partial charge in [-0.2, -0.15) is 0 Å². The largest absolute Gasteiger partial charge is 0.369 e. The molecule has 2 aliphatic heterocycles. The van der Waals surface area contributed by atoms with Crippen molar-refractivity contribution in [3.8, 4) is 0 Å². The number of sulfone groups is 2. The number of amides is 1. The molecule has 2 fully saturated rings. The van der Waals surface area contributed by atoms with E-state index in [-0.39, 0.29) is 27.5 Å². The molecule has 0 aromatic carbocycles. The molecule has 2 atom stereocenters. The van der Waals surface area contributed by atoms with Crippen LogP contribution in [0.2, 0.25) is 0 Å². The summed E-state index contributed by atoms with van der Waals surface area (Å²) in [6.45, 7) is 0.981. The summed E-state index contributed by atoms with van der Waals surface area (Å²) in [5.41, 5.74) is 5.32. The number of piperidine rings is 1. The number of carbonyl (C=O) groups excluding carboxylic acids is 1. The van der Waals surface area contributed by atoms with Crippen LogP contribution in [0.15, 0.2) is 21.7 Å². The molecular weight excluding hydrogens is 372 g/mol. The van der Waals surface area contributed by atoms with E-state index in [4.69, 9.17) is 5.73 Å². The minimum Gasteiger partial charge on any atom is -0.369 e. The third-order valence-corrected chi connectivity index (χ3v) is 10.4. The fourth-order valence-electron chi connectivity index (χ4n) is 3.52. The third-order valence-electron chi connectivity index (χ3n) is 4.85. The van der Waals surface area contributed by atoms with Crippen molar-refractivity contribution in [2.45, 2.75) is 28.3 Å². The minimum atomic E-state index is -3.69. The van der Waals surface area contributed by atoms with Gasteiger partial charge in [0.25, 0.3) is 0 Å². The van der Waals surface area contributed by atoms with E-state index in [0.29, 0.717) is 25.9 Å². The SMILES string of the molecule is NC(=O)C1CCN([C@@H]2CS(=O)(=O)C[C@H]2S(=O)(=O)c2cccs2)CC1. The molecule has 0 saturated carbocycles. The van der Waals surface area contributed by atoms with Gasteiger partial charge >= 0.3 is 0 Å². The highest BCUT2D eigenvalue weighted by molar-refractivity contribution is 7.97. The van der Waals surface area contributed by atoms with Gasteiger partial charge in [0.05, 0.1) is 16.8 Å². The molecule has 3 heterocycles. The fraction of sp³-hybridized carbons (Fsp3) is 0.643. The fourth-order valence-corrected chi connectivity index (χ4v) is 9.58. The van der Waals surface area contributed by atoms with Crippen LogP contribution in [0, 0.1) is 5.92 Å². The molecule has 1 amide bonds. The Hall–Kier alpha value is -0.970. The molecule has 7 nitrogen and oxygen atoms in total. The molecule has 2 saturated heterocycles. The average molecular weight is 393 g/mol. The zero-order chi connectivity index (χ0) is 17.5. The van der Waals surface area contributed by atoms with Crippen molar-refractivity contribution in [2.24, 2.45) is 11.7 Å². The van der Waals surface area contributed by atoms with Crippen molar-refractivity contribution in [1.29, 1.82) is 0 Å². The minimum absolute atomic E-state index is 0.149. The second-order valence-corrected chi connectivity index (χ2v) is 11.9. The molecule has 2 N–H and O–H groups in total. The maximum absolute atomic E-state index is 12.9. The van der Waals surface area contributed by atoms with Gasteiger partial charge in [-0.25, -0.2) is 16.8 Å². The topological polar surface area (TPSA) is 115 Å². The summed E-state index contributed by atoms with van der Waals surface area (Å²) < 4.78 is 50.2.